The largest absolute Gasteiger partial charge is 0.378 e. The van der Waals surface area contributed by atoms with Gasteiger partial charge in [0.1, 0.15) is 0 Å². The first-order chi connectivity index (χ1) is 6.15. The number of ether oxygens (including phenoxy) is 1. The first-order valence-electron chi connectivity index (χ1n) is 4.73. The molecule has 1 aliphatic heterocycles. The number of primary amides is 1. The minimum atomic E-state index is -0.262. The summed E-state index contributed by atoms with van der Waals surface area (Å²) < 4.78 is 5.40. The van der Waals surface area contributed by atoms with Crippen molar-refractivity contribution in [2.45, 2.75) is 31.9 Å². The van der Waals surface area contributed by atoms with E-state index in [0.29, 0.717) is 5.92 Å². The summed E-state index contributed by atoms with van der Waals surface area (Å²) >= 11 is 0. The third-order valence-corrected chi connectivity index (χ3v) is 2.61. The van der Waals surface area contributed by atoms with Gasteiger partial charge in [-0.25, -0.2) is 0 Å². The molecule has 0 aromatic rings. The lowest BCUT2D eigenvalue weighted by atomic mass is 9.88. The molecule has 0 bridgehead atoms. The topological polar surface area (TPSA) is 64.3 Å². The number of likely N-dealkylation sites (N-methyl/N-ethyl adjacent to an activating group) is 1. The molecule has 0 aromatic carbocycles. The molecule has 3 unspecified atom stereocenters. The van der Waals surface area contributed by atoms with Gasteiger partial charge in [0.2, 0.25) is 5.91 Å². The molecule has 1 heterocycles. The van der Waals surface area contributed by atoms with E-state index in [9.17, 15) is 4.79 Å². The van der Waals surface area contributed by atoms with E-state index in [1.807, 2.05) is 6.92 Å². The van der Waals surface area contributed by atoms with Gasteiger partial charge in [0.15, 0.2) is 0 Å². The number of hydrogen-bond donors (Lipinski definition) is 2. The van der Waals surface area contributed by atoms with Crippen molar-refractivity contribution in [1.29, 1.82) is 0 Å². The Hall–Kier alpha value is -0.610. The minimum Gasteiger partial charge on any atom is -0.378 e. The van der Waals surface area contributed by atoms with E-state index in [2.05, 4.69) is 5.32 Å². The molecule has 0 spiro atoms. The second kappa shape index (κ2) is 4.58. The molecule has 0 aromatic heterocycles. The molecule has 4 heteroatoms. The Labute approximate surface area is 78.8 Å². The van der Waals surface area contributed by atoms with Crippen molar-refractivity contribution in [3.8, 4) is 0 Å². The molecule has 76 valence electrons. The molecule has 0 radical (unpaired) electrons. The smallest absolute Gasteiger partial charge is 0.234 e. The zero-order valence-corrected chi connectivity index (χ0v) is 8.25. The summed E-state index contributed by atoms with van der Waals surface area (Å²) in [6.45, 7) is 2.76. The van der Waals surface area contributed by atoms with Gasteiger partial charge in [-0.3, -0.25) is 4.79 Å². The number of hydrogen-bond acceptors (Lipinski definition) is 3. The van der Waals surface area contributed by atoms with Crippen LogP contribution in [-0.4, -0.2) is 31.7 Å². The highest BCUT2D eigenvalue weighted by molar-refractivity contribution is 5.80. The van der Waals surface area contributed by atoms with E-state index in [1.165, 1.54) is 0 Å². The van der Waals surface area contributed by atoms with Crippen molar-refractivity contribution in [2.24, 2.45) is 11.7 Å². The van der Waals surface area contributed by atoms with Gasteiger partial charge in [0.25, 0.3) is 0 Å². The summed E-state index contributed by atoms with van der Waals surface area (Å²) in [6.07, 6.45) is 2.07. The van der Waals surface area contributed by atoms with Crippen LogP contribution in [0.25, 0.3) is 0 Å². The van der Waals surface area contributed by atoms with Crippen LogP contribution in [0.1, 0.15) is 19.8 Å². The Bertz CT molecular complexity index is 184. The maximum Gasteiger partial charge on any atom is 0.234 e. The predicted octanol–water partition coefficient (Wildman–Crippen LogP) is -0.125. The predicted molar refractivity (Wildman–Crippen MR) is 50.2 cm³/mol. The van der Waals surface area contributed by atoms with Crippen molar-refractivity contribution in [1.82, 2.24) is 5.32 Å². The molecule has 3 atom stereocenters. The third kappa shape index (κ3) is 2.67. The van der Waals surface area contributed by atoms with E-state index in [0.717, 1.165) is 19.4 Å². The van der Waals surface area contributed by atoms with E-state index in [1.54, 1.807) is 7.05 Å². The molecule has 0 aliphatic carbocycles. The van der Waals surface area contributed by atoms with Gasteiger partial charge in [0.05, 0.1) is 12.1 Å². The van der Waals surface area contributed by atoms with Crippen molar-refractivity contribution in [2.75, 3.05) is 13.7 Å². The molecular weight excluding hydrogens is 168 g/mol. The molecular formula is C9H18N2O2. The average Bonchev–Trinajstić information content (AvgIpc) is 2.04. The maximum atomic E-state index is 11.1. The van der Waals surface area contributed by atoms with Crippen LogP contribution >= 0.6 is 0 Å². The second-order valence-corrected chi connectivity index (χ2v) is 3.63. The van der Waals surface area contributed by atoms with Gasteiger partial charge >= 0.3 is 0 Å². The Balaban J connectivity index is 2.52. The van der Waals surface area contributed by atoms with Crippen LogP contribution in [0.3, 0.4) is 0 Å². The summed E-state index contributed by atoms with van der Waals surface area (Å²) in [5.74, 6) is 0.0628. The molecule has 13 heavy (non-hydrogen) atoms. The van der Waals surface area contributed by atoms with Crippen LogP contribution in [0.15, 0.2) is 0 Å². The van der Waals surface area contributed by atoms with Crippen molar-refractivity contribution in [3.63, 3.8) is 0 Å². The Morgan fingerprint density at radius 2 is 2.38 bits per heavy atom. The van der Waals surface area contributed by atoms with Crippen LogP contribution in [-0.2, 0) is 9.53 Å². The van der Waals surface area contributed by atoms with Crippen LogP contribution < -0.4 is 11.1 Å². The SMILES string of the molecule is CNC(C(N)=O)C1CCOC(C)C1. The van der Waals surface area contributed by atoms with Gasteiger partial charge < -0.3 is 15.8 Å². The fourth-order valence-electron chi connectivity index (χ4n) is 1.95. The lowest BCUT2D eigenvalue weighted by Crippen LogP contribution is -2.47. The maximum absolute atomic E-state index is 11.1. The van der Waals surface area contributed by atoms with Gasteiger partial charge in [0, 0.05) is 6.61 Å². The van der Waals surface area contributed by atoms with Crippen molar-refractivity contribution in [3.05, 3.63) is 0 Å². The molecule has 1 fully saturated rings. The van der Waals surface area contributed by atoms with Gasteiger partial charge in [-0.2, -0.15) is 0 Å². The fourth-order valence-corrected chi connectivity index (χ4v) is 1.95. The van der Waals surface area contributed by atoms with Crippen LogP contribution in [0, 0.1) is 5.92 Å². The van der Waals surface area contributed by atoms with Gasteiger partial charge in [-0.15, -0.1) is 0 Å². The first-order valence-corrected chi connectivity index (χ1v) is 4.73. The fraction of sp³-hybridized carbons (Fsp3) is 0.889. The van der Waals surface area contributed by atoms with Crippen LogP contribution in [0.5, 0.6) is 0 Å². The third-order valence-electron chi connectivity index (χ3n) is 2.61. The number of carbonyl (C=O) groups is 1. The standard InChI is InChI=1S/C9H18N2O2/c1-6-5-7(3-4-13-6)8(11-2)9(10)12/h6-8,11H,3-5H2,1-2H3,(H2,10,12). The molecule has 1 rings (SSSR count). The molecule has 3 N–H and O–H groups in total. The molecule has 4 nitrogen and oxygen atoms in total. The van der Waals surface area contributed by atoms with E-state index < -0.39 is 0 Å². The van der Waals surface area contributed by atoms with E-state index in [-0.39, 0.29) is 18.1 Å². The summed E-state index contributed by atoms with van der Waals surface area (Å²) in [5, 5.41) is 2.96. The van der Waals surface area contributed by atoms with Gasteiger partial charge in [-0.1, -0.05) is 0 Å². The number of carbonyl (C=O) groups excluding carboxylic acids is 1. The zero-order chi connectivity index (χ0) is 9.84. The quantitative estimate of drug-likeness (QED) is 0.645. The van der Waals surface area contributed by atoms with Crippen molar-refractivity contribution >= 4 is 5.91 Å². The van der Waals surface area contributed by atoms with E-state index in [4.69, 9.17) is 10.5 Å². The number of nitrogens with one attached hydrogen (secondary N) is 1. The first kappa shape index (κ1) is 10.5. The van der Waals surface area contributed by atoms with Crippen LogP contribution in [0.2, 0.25) is 0 Å². The minimum absolute atomic E-state index is 0.202. The Morgan fingerprint density at radius 1 is 1.69 bits per heavy atom. The molecule has 1 saturated heterocycles. The highest BCUT2D eigenvalue weighted by Crippen LogP contribution is 2.22. The average molecular weight is 186 g/mol. The highest BCUT2D eigenvalue weighted by Gasteiger charge is 2.29. The monoisotopic (exact) mass is 186 g/mol. The van der Waals surface area contributed by atoms with E-state index >= 15 is 0 Å². The number of rotatable bonds is 3. The molecule has 0 saturated carbocycles. The molecule has 1 aliphatic rings. The highest BCUT2D eigenvalue weighted by atomic mass is 16.5. The Morgan fingerprint density at radius 3 is 2.85 bits per heavy atom. The summed E-state index contributed by atoms with van der Waals surface area (Å²) in [4.78, 5) is 11.1. The molecule has 1 amide bonds. The summed E-state index contributed by atoms with van der Waals surface area (Å²) in [7, 11) is 1.77. The number of amides is 1. The summed E-state index contributed by atoms with van der Waals surface area (Å²) in [6, 6.07) is -0.202. The lowest BCUT2D eigenvalue weighted by Gasteiger charge is -2.31. The number of nitrogens with two attached hydrogens (primary N) is 1. The lowest BCUT2D eigenvalue weighted by molar-refractivity contribution is -0.122. The van der Waals surface area contributed by atoms with Crippen molar-refractivity contribution < 1.29 is 9.53 Å². The normalized spacial score (nSPS) is 31.2. The Kier molecular flexibility index (Phi) is 3.69. The summed E-state index contributed by atoms with van der Waals surface area (Å²) in [5.41, 5.74) is 5.28. The van der Waals surface area contributed by atoms with Gasteiger partial charge in [-0.05, 0) is 32.7 Å². The zero-order valence-electron chi connectivity index (χ0n) is 8.25. The van der Waals surface area contributed by atoms with Crippen LogP contribution in [0.4, 0.5) is 0 Å². The second-order valence-electron chi connectivity index (χ2n) is 3.63.